The van der Waals surface area contributed by atoms with Crippen LogP contribution in [0.2, 0.25) is 0 Å². The second kappa shape index (κ2) is 9.10. The van der Waals surface area contributed by atoms with E-state index < -0.39 is 5.97 Å². The number of carboxylic acids is 1. The molecule has 0 aromatic heterocycles. The predicted molar refractivity (Wildman–Crippen MR) is 95.0 cm³/mol. The third kappa shape index (κ3) is 4.52. The molecular formula is C21H31O3-. The lowest BCUT2D eigenvalue weighted by molar-refractivity contribution is -0.312. The number of para-hydroxylation sites is 1. The van der Waals surface area contributed by atoms with Gasteiger partial charge in [0.1, 0.15) is 5.75 Å². The zero-order valence-electron chi connectivity index (χ0n) is 15.2. The number of hydrogen-bond acceptors (Lipinski definition) is 3. The van der Waals surface area contributed by atoms with Crippen molar-refractivity contribution in [2.24, 2.45) is 5.92 Å². The molecule has 3 heteroatoms. The molecule has 3 nitrogen and oxygen atoms in total. The SMILES string of the molecule is CCCCCC1(c2ccccc2OCCC)CCC(C(=O)[O-])CC1. The smallest absolute Gasteiger partial charge is 0.123 e. The van der Waals surface area contributed by atoms with Crippen LogP contribution in [0, 0.1) is 5.92 Å². The minimum absolute atomic E-state index is 0.0610. The van der Waals surface area contributed by atoms with Gasteiger partial charge >= 0.3 is 0 Å². The molecule has 0 atom stereocenters. The van der Waals surface area contributed by atoms with Gasteiger partial charge < -0.3 is 14.6 Å². The van der Waals surface area contributed by atoms with Gasteiger partial charge in [-0.3, -0.25) is 0 Å². The van der Waals surface area contributed by atoms with E-state index in [1.54, 1.807) is 0 Å². The first-order valence-corrected chi connectivity index (χ1v) is 9.56. The van der Waals surface area contributed by atoms with E-state index in [9.17, 15) is 9.90 Å². The molecule has 0 saturated heterocycles. The zero-order chi connectivity index (χ0) is 17.4. The van der Waals surface area contributed by atoms with Crippen LogP contribution in [-0.2, 0) is 10.2 Å². The topological polar surface area (TPSA) is 49.4 Å². The monoisotopic (exact) mass is 331 g/mol. The molecule has 2 rings (SSSR count). The second-order valence-electron chi connectivity index (χ2n) is 7.18. The number of rotatable bonds is 9. The highest BCUT2D eigenvalue weighted by Gasteiger charge is 2.38. The van der Waals surface area contributed by atoms with Crippen molar-refractivity contribution in [1.29, 1.82) is 0 Å². The largest absolute Gasteiger partial charge is 0.550 e. The van der Waals surface area contributed by atoms with Crippen LogP contribution in [0.25, 0.3) is 0 Å². The molecule has 0 radical (unpaired) electrons. The van der Waals surface area contributed by atoms with E-state index in [0.717, 1.165) is 50.9 Å². The quantitative estimate of drug-likeness (QED) is 0.636. The maximum atomic E-state index is 11.2. The van der Waals surface area contributed by atoms with Crippen LogP contribution < -0.4 is 9.84 Å². The minimum Gasteiger partial charge on any atom is -0.550 e. The lowest BCUT2D eigenvalue weighted by Crippen LogP contribution is -2.39. The van der Waals surface area contributed by atoms with Gasteiger partial charge in [0.2, 0.25) is 0 Å². The summed E-state index contributed by atoms with van der Waals surface area (Å²) in [5.41, 5.74) is 1.34. The summed E-state index contributed by atoms with van der Waals surface area (Å²) < 4.78 is 6.02. The first kappa shape index (κ1) is 18.8. The van der Waals surface area contributed by atoms with E-state index in [1.165, 1.54) is 24.8 Å². The number of carboxylic acid groups (broad SMARTS) is 1. The molecule has 0 bridgehead atoms. The van der Waals surface area contributed by atoms with Gasteiger partial charge in [0, 0.05) is 11.5 Å². The van der Waals surface area contributed by atoms with Crippen LogP contribution in [0.15, 0.2) is 24.3 Å². The van der Waals surface area contributed by atoms with Gasteiger partial charge in [0.25, 0.3) is 0 Å². The molecule has 1 aliphatic rings. The van der Waals surface area contributed by atoms with Crippen molar-refractivity contribution in [2.75, 3.05) is 6.61 Å². The third-order valence-corrected chi connectivity index (χ3v) is 5.46. The fraction of sp³-hybridized carbons (Fsp3) is 0.667. The van der Waals surface area contributed by atoms with Crippen LogP contribution in [0.4, 0.5) is 0 Å². The first-order chi connectivity index (χ1) is 11.6. The fourth-order valence-corrected chi connectivity index (χ4v) is 4.02. The van der Waals surface area contributed by atoms with Gasteiger partial charge in [-0.05, 0) is 55.9 Å². The molecule has 0 amide bonds. The third-order valence-electron chi connectivity index (χ3n) is 5.46. The van der Waals surface area contributed by atoms with Crippen molar-refractivity contribution in [3.05, 3.63) is 29.8 Å². The average Bonchev–Trinajstić information content (AvgIpc) is 2.61. The summed E-state index contributed by atoms with van der Waals surface area (Å²) in [6, 6.07) is 8.37. The Labute approximate surface area is 146 Å². The number of carbonyl (C=O) groups is 1. The molecule has 0 aliphatic heterocycles. The van der Waals surface area contributed by atoms with Gasteiger partial charge in [-0.25, -0.2) is 0 Å². The van der Waals surface area contributed by atoms with E-state index >= 15 is 0 Å². The van der Waals surface area contributed by atoms with Gasteiger partial charge in [-0.15, -0.1) is 0 Å². The van der Waals surface area contributed by atoms with Crippen molar-refractivity contribution in [1.82, 2.24) is 0 Å². The lowest BCUT2D eigenvalue weighted by atomic mass is 9.64. The molecule has 0 heterocycles. The molecule has 134 valence electrons. The molecule has 24 heavy (non-hydrogen) atoms. The van der Waals surface area contributed by atoms with Crippen LogP contribution >= 0.6 is 0 Å². The Morgan fingerprint density at radius 3 is 2.50 bits per heavy atom. The Bertz CT molecular complexity index is 516. The standard InChI is InChI=1S/C21H32O3/c1-3-5-8-13-21(14-11-17(12-15-21)20(22)23)18-9-6-7-10-19(18)24-16-4-2/h6-7,9-10,17H,3-5,8,11-16H2,1-2H3,(H,22,23)/p-1. The molecule has 0 spiro atoms. The van der Waals surface area contributed by atoms with Crippen LogP contribution in [0.5, 0.6) is 5.75 Å². The highest BCUT2D eigenvalue weighted by atomic mass is 16.5. The Hall–Kier alpha value is -1.51. The molecule has 1 aliphatic carbocycles. The first-order valence-electron chi connectivity index (χ1n) is 9.56. The summed E-state index contributed by atoms with van der Waals surface area (Å²) in [7, 11) is 0. The number of ether oxygens (including phenoxy) is 1. The van der Waals surface area contributed by atoms with Gasteiger partial charge in [-0.1, -0.05) is 51.3 Å². The Morgan fingerprint density at radius 2 is 1.88 bits per heavy atom. The number of hydrogen-bond donors (Lipinski definition) is 0. The molecule has 0 N–H and O–H groups in total. The number of carbonyl (C=O) groups excluding carboxylic acids is 1. The summed E-state index contributed by atoms with van der Waals surface area (Å²) in [5, 5.41) is 11.2. The molecule has 1 saturated carbocycles. The highest BCUT2D eigenvalue weighted by molar-refractivity contribution is 5.67. The van der Waals surface area contributed by atoms with Gasteiger partial charge in [-0.2, -0.15) is 0 Å². The van der Waals surface area contributed by atoms with Gasteiger partial charge in [0.15, 0.2) is 0 Å². The summed E-state index contributed by atoms with van der Waals surface area (Å²) in [4.78, 5) is 11.2. The van der Waals surface area contributed by atoms with Crippen molar-refractivity contribution in [3.8, 4) is 5.75 Å². The zero-order valence-corrected chi connectivity index (χ0v) is 15.2. The Kier molecular flexibility index (Phi) is 7.14. The van der Waals surface area contributed by atoms with Crippen molar-refractivity contribution >= 4 is 5.97 Å². The summed E-state index contributed by atoms with van der Waals surface area (Å²) in [6.45, 7) is 5.06. The lowest BCUT2D eigenvalue weighted by Gasteiger charge is -2.42. The van der Waals surface area contributed by atoms with Crippen molar-refractivity contribution in [2.45, 2.75) is 77.0 Å². The van der Waals surface area contributed by atoms with Crippen LogP contribution in [0.3, 0.4) is 0 Å². The molecule has 1 aromatic carbocycles. The van der Waals surface area contributed by atoms with E-state index in [-0.39, 0.29) is 11.3 Å². The molecule has 1 aromatic rings. The number of unbranched alkanes of at least 4 members (excludes halogenated alkanes) is 2. The van der Waals surface area contributed by atoms with E-state index in [2.05, 4.69) is 32.0 Å². The maximum absolute atomic E-state index is 11.2. The molecule has 1 fully saturated rings. The van der Waals surface area contributed by atoms with E-state index in [4.69, 9.17) is 4.74 Å². The minimum atomic E-state index is -0.882. The summed E-state index contributed by atoms with van der Waals surface area (Å²) in [5.74, 6) is -0.177. The average molecular weight is 331 g/mol. The van der Waals surface area contributed by atoms with Crippen molar-refractivity contribution in [3.63, 3.8) is 0 Å². The highest BCUT2D eigenvalue weighted by Crippen LogP contribution is 2.48. The normalized spacial score (nSPS) is 23.8. The summed E-state index contributed by atoms with van der Waals surface area (Å²) >= 11 is 0. The fourth-order valence-electron chi connectivity index (χ4n) is 4.02. The van der Waals surface area contributed by atoms with E-state index in [0.29, 0.717) is 0 Å². The van der Waals surface area contributed by atoms with Crippen molar-refractivity contribution < 1.29 is 14.6 Å². The number of aliphatic carboxylic acids is 1. The Balaban J connectivity index is 2.25. The predicted octanol–water partition coefficient (Wildman–Crippen LogP) is 4.23. The van der Waals surface area contributed by atoms with Crippen LogP contribution in [-0.4, -0.2) is 12.6 Å². The number of benzene rings is 1. The van der Waals surface area contributed by atoms with Crippen LogP contribution in [0.1, 0.15) is 77.2 Å². The second-order valence-corrected chi connectivity index (χ2v) is 7.18. The molecule has 0 unspecified atom stereocenters. The van der Waals surface area contributed by atoms with E-state index in [1.807, 2.05) is 6.07 Å². The summed E-state index contributed by atoms with van der Waals surface area (Å²) in [6.07, 6.45) is 9.00. The van der Waals surface area contributed by atoms with Gasteiger partial charge in [0.05, 0.1) is 6.61 Å². The maximum Gasteiger partial charge on any atom is 0.123 e. The Morgan fingerprint density at radius 1 is 1.17 bits per heavy atom. The molecular weight excluding hydrogens is 300 g/mol.